The fraction of sp³-hybridized carbons (Fsp3) is 0.222. The van der Waals surface area contributed by atoms with Gasteiger partial charge in [-0.3, -0.25) is 0 Å². The van der Waals surface area contributed by atoms with E-state index >= 15 is 0 Å². The molecule has 0 unspecified atom stereocenters. The summed E-state index contributed by atoms with van der Waals surface area (Å²) in [6.45, 7) is 1.87. The number of aromatic nitrogens is 2. The highest BCUT2D eigenvalue weighted by Crippen LogP contribution is 2.19. The summed E-state index contributed by atoms with van der Waals surface area (Å²) in [5.41, 5.74) is 3.79. The summed E-state index contributed by atoms with van der Waals surface area (Å²) in [5.74, 6) is 0. The second-order valence-electron chi connectivity index (χ2n) is 3.06. The van der Waals surface area contributed by atoms with Gasteiger partial charge < -0.3 is 5.32 Å². The molecule has 3 rings (SSSR count). The first kappa shape index (κ1) is 6.20. The highest BCUT2D eigenvalue weighted by atomic mass is 15.2. The average molecular weight is 159 g/mol. The first-order chi connectivity index (χ1) is 5.95. The smallest absolute Gasteiger partial charge is 0.0818 e. The highest BCUT2D eigenvalue weighted by Gasteiger charge is 2.16. The van der Waals surface area contributed by atoms with Crippen molar-refractivity contribution in [2.45, 2.75) is 13.1 Å². The van der Waals surface area contributed by atoms with E-state index in [2.05, 4.69) is 22.5 Å². The Morgan fingerprint density at radius 2 is 2.33 bits per heavy atom. The molecule has 1 aliphatic rings. The van der Waals surface area contributed by atoms with Gasteiger partial charge in [0.2, 0.25) is 0 Å². The number of nitrogens with one attached hydrogen (secondary N) is 1. The van der Waals surface area contributed by atoms with Crippen molar-refractivity contribution in [3.63, 3.8) is 0 Å². The molecule has 2 aromatic heterocycles. The molecular weight excluding hydrogens is 150 g/mol. The van der Waals surface area contributed by atoms with E-state index in [9.17, 15) is 0 Å². The molecule has 60 valence electrons. The average Bonchev–Trinajstić information content (AvgIpc) is 2.62. The van der Waals surface area contributed by atoms with E-state index in [0.29, 0.717) is 0 Å². The largest absolute Gasteiger partial charge is 0.307 e. The summed E-state index contributed by atoms with van der Waals surface area (Å²) in [4.78, 5) is 0. The number of nitrogens with zero attached hydrogens (tertiary/aromatic N) is 2. The van der Waals surface area contributed by atoms with Crippen LogP contribution in [-0.4, -0.2) is 9.61 Å². The van der Waals surface area contributed by atoms with Crippen LogP contribution in [0.1, 0.15) is 11.3 Å². The zero-order chi connectivity index (χ0) is 7.97. The van der Waals surface area contributed by atoms with E-state index in [1.54, 1.807) is 0 Å². The molecule has 0 amide bonds. The lowest BCUT2D eigenvalue weighted by Gasteiger charge is -1.93. The quantitative estimate of drug-likeness (QED) is 0.619. The van der Waals surface area contributed by atoms with Gasteiger partial charge >= 0.3 is 0 Å². The number of hydrogen-bond donors (Lipinski definition) is 1. The molecule has 0 fully saturated rings. The molecule has 0 bridgehead atoms. The molecule has 1 N–H and O–H groups in total. The Labute approximate surface area is 70.0 Å². The minimum atomic E-state index is 0.914. The van der Waals surface area contributed by atoms with Crippen LogP contribution >= 0.6 is 0 Å². The Morgan fingerprint density at radius 1 is 1.33 bits per heavy atom. The van der Waals surface area contributed by atoms with Crippen molar-refractivity contribution >= 4 is 5.52 Å². The first-order valence-electron chi connectivity index (χ1n) is 4.11. The standard InChI is InChI=1S/C9H9N3/c1-2-4-12-9(3-1)7-5-10-6-8(7)11-12/h1-4,10H,5-6H2. The monoisotopic (exact) mass is 159 g/mol. The molecule has 0 aromatic carbocycles. The van der Waals surface area contributed by atoms with Crippen LogP contribution in [0.3, 0.4) is 0 Å². The Balaban J connectivity index is 2.44. The zero-order valence-corrected chi connectivity index (χ0v) is 6.62. The van der Waals surface area contributed by atoms with Gasteiger partial charge in [0.05, 0.1) is 11.2 Å². The Hall–Kier alpha value is -1.35. The van der Waals surface area contributed by atoms with Crippen molar-refractivity contribution in [1.82, 2.24) is 14.9 Å². The summed E-state index contributed by atoms with van der Waals surface area (Å²) in [6.07, 6.45) is 1.99. The molecule has 1 aliphatic heterocycles. The SMILES string of the molecule is c1ccn2nc3c(c2c1)CNC3. The van der Waals surface area contributed by atoms with Gasteiger partial charge in [-0.1, -0.05) is 6.07 Å². The third-order valence-corrected chi connectivity index (χ3v) is 2.32. The van der Waals surface area contributed by atoms with Crippen LogP contribution in [0, 0.1) is 0 Å². The Bertz CT molecular complexity index is 430. The molecule has 0 saturated carbocycles. The molecule has 0 saturated heterocycles. The lowest BCUT2D eigenvalue weighted by atomic mass is 10.2. The number of hydrogen-bond acceptors (Lipinski definition) is 2. The van der Waals surface area contributed by atoms with Crippen LogP contribution in [0.25, 0.3) is 5.52 Å². The maximum absolute atomic E-state index is 4.45. The van der Waals surface area contributed by atoms with Gasteiger partial charge in [0.1, 0.15) is 0 Å². The molecule has 0 spiro atoms. The maximum Gasteiger partial charge on any atom is 0.0818 e. The van der Waals surface area contributed by atoms with Crippen LogP contribution in [0.2, 0.25) is 0 Å². The molecular formula is C9H9N3. The Morgan fingerprint density at radius 3 is 3.33 bits per heavy atom. The third kappa shape index (κ3) is 0.662. The number of rotatable bonds is 0. The van der Waals surface area contributed by atoms with Gasteiger partial charge in [-0.05, 0) is 12.1 Å². The van der Waals surface area contributed by atoms with Crippen LogP contribution in [0.4, 0.5) is 0 Å². The second kappa shape index (κ2) is 2.08. The van der Waals surface area contributed by atoms with Crippen LogP contribution < -0.4 is 5.32 Å². The summed E-state index contributed by atoms with van der Waals surface area (Å²) < 4.78 is 1.95. The fourth-order valence-corrected chi connectivity index (χ4v) is 1.74. The van der Waals surface area contributed by atoms with Gasteiger partial charge in [0.15, 0.2) is 0 Å². The number of pyridine rings is 1. The molecule has 3 heterocycles. The molecule has 3 heteroatoms. The van der Waals surface area contributed by atoms with Crippen LogP contribution in [0.15, 0.2) is 24.4 Å². The molecule has 0 atom stereocenters. The molecule has 0 radical (unpaired) electrons. The second-order valence-corrected chi connectivity index (χ2v) is 3.06. The van der Waals surface area contributed by atoms with Crippen molar-refractivity contribution in [2.24, 2.45) is 0 Å². The molecule has 0 aliphatic carbocycles. The van der Waals surface area contributed by atoms with E-state index in [1.807, 2.05) is 16.8 Å². The molecule has 2 aromatic rings. The fourth-order valence-electron chi connectivity index (χ4n) is 1.74. The minimum absolute atomic E-state index is 0.914. The summed E-state index contributed by atoms with van der Waals surface area (Å²) >= 11 is 0. The van der Waals surface area contributed by atoms with E-state index in [1.165, 1.54) is 16.8 Å². The highest BCUT2D eigenvalue weighted by molar-refractivity contribution is 5.57. The predicted molar refractivity (Wildman–Crippen MR) is 45.7 cm³/mol. The van der Waals surface area contributed by atoms with E-state index in [4.69, 9.17) is 0 Å². The normalized spacial score (nSPS) is 15.3. The van der Waals surface area contributed by atoms with Crippen LogP contribution in [0.5, 0.6) is 0 Å². The first-order valence-corrected chi connectivity index (χ1v) is 4.11. The predicted octanol–water partition coefficient (Wildman–Crippen LogP) is 0.938. The van der Waals surface area contributed by atoms with Gasteiger partial charge in [-0.25, -0.2) is 4.52 Å². The van der Waals surface area contributed by atoms with Crippen LogP contribution in [-0.2, 0) is 13.1 Å². The van der Waals surface area contributed by atoms with Crippen molar-refractivity contribution < 1.29 is 0 Å². The lowest BCUT2D eigenvalue weighted by Crippen LogP contribution is -2.03. The van der Waals surface area contributed by atoms with Crippen molar-refractivity contribution in [3.05, 3.63) is 35.7 Å². The summed E-state index contributed by atoms with van der Waals surface area (Å²) in [7, 11) is 0. The van der Waals surface area contributed by atoms with Gasteiger partial charge in [-0.15, -0.1) is 0 Å². The Kier molecular flexibility index (Phi) is 1.07. The van der Waals surface area contributed by atoms with E-state index in [-0.39, 0.29) is 0 Å². The maximum atomic E-state index is 4.45. The van der Waals surface area contributed by atoms with Crippen molar-refractivity contribution in [2.75, 3.05) is 0 Å². The zero-order valence-electron chi connectivity index (χ0n) is 6.62. The summed E-state index contributed by atoms with van der Waals surface area (Å²) in [5, 5.41) is 7.73. The lowest BCUT2D eigenvalue weighted by molar-refractivity contribution is 0.736. The van der Waals surface area contributed by atoms with Gasteiger partial charge in [-0.2, -0.15) is 5.10 Å². The third-order valence-electron chi connectivity index (χ3n) is 2.32. The number of fused-ring (bicyclic) bond motifs is 3. The van der Waals surface area contributed by atoms with Crippen molar-refractivity contribution in [3.8, 4) is 0 Å². The van der Waals surface area contributed by atoms with E-state index < -0.39 is 0 Å². The van der Waals surface area contributed by atoms with Crippen molar-refractivity contribution in [1.29, 1.82) is 0 Å². The van der Waals surface area contributed by atoms with Gasteiger partial charge in [0, 0.05) is 24.8 Å². The molecule has 3 nitrogen and oxygen atoms in total. The minimum Gasteiger partial charge on any atom is -0.307 e. The summed E-state index contributed by atoms with van der Waals surface area (Å²) in [6, 6.07) is 6.16. The van der Waals surface area contributed by atoms with Gasteiger partial charge in [0.25, 0.3) is 0 Å². The van der Waals surface area contributed by atoms with E-state index in [0.717, 1.165) is 13.1 Å². The topological polar surface area (TPSA) is 29.3 Å². The molecule has 12 heavy (non-hydrogen) atoms.